The van der Waals surface area contributed by atoms with E-state index in [-0.39, 0.29) is 0 Å². The molecular weight excluding hydrogens is 386 g/mol. The zero-order valence-electron chi connectivity index (χ0n) is 13.6. The molecule has 0 aliphatic heterocycles. The quantitative estimate of drug-likeness (QED) is 0.507. The first-order valence-corrected chi connectivity index (χ1v) is 17.4. The van der Waals surface area contributed by atoms with Crippen LogP contribution in [0, 0.1) is 0 Å². The van der Waals surface area contributed by atoms with Gasteiger partial charge in [-0.1, -0.05) is 0 Å². The van der Waals surface area contributed by atoms with Gasteiger partial charge in [-0.05, 0) is 0 Å². The first kappa shape index (κ1) is 19.1. The van der Waals surface area contributed by atoms with Crippen LogP contribution in [0.1, 0.15) is 52.0 Å². The summed E-state index contributed by atoms with van der Waals surface area (Å²) in [4.78, 5) is 0. The van der Waals surface area contributed by atoms with Gasteiger partial charge >= 0.3 is 138 Å². The first-order valence-electron chi connectivity index (χ1n) is 8.11. The van der Waals surface area contributed by atoms with Gasteiger partial charge in [0, 0.05) is 0 Å². The van der Waals surface area contributed by atoms with Gasteiger partial charge in [0.25, 0.3) is 0 Å². The van der Waals surface area contributed by atoms with E-state index in [9.17, 15) is 5.11 Å². The van der Waals surface area contributed by atoms with Crippen LogP contribution in [0.4, 0.5) is 0 Å². The molecule has 0 radical (unpaired) electrons. The minimum atomic E-state index is -2.71. The van der Waals surface area contributed by atoms with Gasteiger partial charge in [-0.15, -0.1) is 0 Å². The SMILES string of the molecule is CCC[CH2][Sn]([Cl])(/[CH]=C\C(C)(O)c1ccccc1)[CH2]CCC. The normalized spacial score (nSPS) is 15.3. The molecule has 118 valence electrons. The van der Waals surface area contributed by atoms with Gasteiger partial charge in [0.05, 0.1) is 0 Å². The topological polar surface area (TPSA) is 20.2 Å². The Balaban J connectivity index is 2.85. The maximum atomic E-state index is 10.7. The molecule has 1 atom stereocenters. The van der Waals surface area contributed by atoms with Gasteiger partial charge in [0.2, 0.25) is 0 Å². The summed E-state index contributed by atoms with van der Waals surface area (Å²) in [6, 6.07) is 9.82. The number of hydrogen-bond acceptors (Lipinski definition) is 1. The molecule has 0 saturated carbocycles. The number of halogens is 1. The number of unbranched alkanes of at least 4 members (excludes halogenated alkanes) is 2. The molecule has 1 aromatic carbocycles. The average molecular weight is 416 g/mol. The van der Waals surface area contributed by atoms with Gasteiger partial charge in [0.1, 0.15) is 0 Å². The summed E-state index contributed by atoms with van der Waals surface area (Å²) in [5.41, 5.74) is 0.00838. The number of hydrogen-bond donors (Lipinski definition) is 1. The van der Waals surface area contributed by atoms with Crippen molar-refractivity contribution in [3.8, 4) is 0 Å². The van der Waals surface area contributed by atoms with Crippen molar-refractivity contribution in [3.63, 3.8) is 0 Å². The van der Waals surface area contributed by atoms with Gasteiger partial charge in [-0.2, -0.15) is 0 Å². The van der Waals surface area contributed by atoms with Crippen molar-refractivity contribution in [2.75, 3.05) is 0 Å². The monoisotopic (exact) mass is 416 g/mol. The number of aliphatic hydroxyl groups is 1. The molecule has 1 nitrogen and oxygen atoms in total. The molecule has 1 rings (SSSR count). The second-order valence-electron chi connectivity index (χ2n) is 6.09. The minimum absolute atomic E-state index is 0.920. The molecule has 0 aliphatic rings. The molecule has 0 saturated heterocycles. The molecule has 0 heterocycles. The third-order valence-corrected chi connectivity index (χ3v) is 16.3. The Hall–Kier alpha value is 0.00870. The molecular formula is C18H29ClOSn. The van der Waals surface area contributed by atoms with Crippen molar-refractivity contribution in [2.45, 2.75) is 60.9 Å². The van der Waals surface area contributed by atoms with Crippen molar-refractivity contribution in [1.82, 2.24) is 0 Å². The Labute approximate surface area is 138 Å². The van der Waals surface area contributed by atoms with Crippen LogP contribution >= 0.6 is 8.92 Å². The molecule has 3 heteroatoms. The third kappa shape index (κ3) is 6.75. The molecule has 0 aliphatic carbocycles. The average Bonchev–Trinajstić information content (AvgIpc) is 2.50. The van der Waals surface area contributed by atoms with E-state index in [2.05, 4.69) is 17.9 Å². The Morgan fingerprint density at radius 1 is 1.10 bits per heavy atom. The molecule has 1 aromatic rings. The Morgan fingerprint density at radius 2 is 1.62 bits per heavy atom. The zero-order valence-corrected chi connectivity index (χ0v) is 17.2. The summed E-state index contributed by atoms with van der Waals surface area (Å²) < 4.78 is 4.58. The van der Waals surface area contributed by atoms with Crippen LogP contribution in [0.3, 0.4) is 0 Å². The van der Waals surface area contributed by atoms with E-state index < -0.39 is 22.9 Å². The third-order valence-electron chi connectivity index (χ3n) is 3.96. The Kier molecular flexibility index (Phi) is 8.36. The second kappa shape index (κ2) is 9.22. The van der Waals surface area contributed by atoms with Gasteiger partial charge < -0.3 is 0 Å². The van der Waals surface area contributed by atoms with E-state index >= 15 is 0 Å². The number of benzene rings is 1. The van der Waals surface area contributed by atoms with E-state index in [0.717, 1.165) is 5.56 Å². The van der Waals surface area contributed by atoms with E-state index in [4.69, 9.17) is 8.92 Å². The van der Waals surface area contributed by atoms with Gasteiger partial charge in [0.15, 0.2) is 0 Å². The molecule has 21 heavy (non-hydrogen) atoms. The van der Waals surface area contributed by atoms with Crippen molar-refractivity contribution >= 4 is 26.2 Å². The van der Waals surface area contributed by atoms with Crippen molar-refractivity contribution in [2.24, 2.45) is 0 Å². The fraction of sp³-hybridized carbons (Fsp3) is 0.556. The summed E-state index contributed by atoms with van der Waals surface area (Å²) in [7, 11) is 7.00. The molecule has 0 spiro atoms. The second-order valence-corrected chi connectivity index (χ2v) is 20.8. The Morgan fingerprint density at radius 3 is 2.10 bits per heavy atom. The fourth-order valence-electron chi connectivity index (χ4n) is 2.42. The summed E-state index contributed by atoms with van der Waals surface area (Å²) in [6.07, 6.45) is 6.76. The van der Waals surface area contributed by atoms with Crippen LogP contribution in [-0.4, -0.2) is 22.4 Å². The molecule has 0 fully saturated rings. The molecule has 0 bridgehead atoms. The molecule has 0 aromatic heterocycles. The predicted molar refractivity (Wildman–Crippen MR) is 96.2 cm³/mol. The first-order chi connectivity index (χ1) is 9.93. The molecule has 1 unspecified atom stereocenters. The molecule has 0 amide bonds. The predicted octanol–water partition coefficient (Wildman–Crippen LogP) is 5.77. The van der Waals surface area contributed by atoms with Gasteiger partial charge in [-0.25, -0.2) is 0 Å². The van der Waals surface area contributed by atoms with Crippen LogP contribution in [-0.2, 0) is 5.60 Å². The summed E-state index contributed by atoms with van der Waals surface area (Å²) >= 11 is -2.71. The maximum absolute atomic E-state index is 10.7. The van der Waals surface area contributed by atoms with E-state index in [1.165, 1.54) is 34.6 Å². The van der Waals surface area contributed by atoms with E-state index in [0.29, 0.717) is 0 Å². The van der Waals surface area contributed by atoms with Crippen LogP contribution in [0.2, 0.25) is 8.87 Å². The number of rotatable bonds is 9. The zero-order chi connectivity index (χ0) is 15.8. The van der Waals surface area contributed by atoms with E-state index in [1.807, 2.05) is 43.3 Å². The van der Waals surface area contributed by atoms with Crippen LogP contribution in [0.5, 0.6) is 0 Å². The van der Waals surface area contributed by atoms with Gasteiger partial charge in [-0.3, -0.25) is 0 Å². The standard InChI is InChI=1S/C10H11O.2C4H9.ClH.Sn/c1-3-10(2,11)9-7-5-4-6-8-9;2*1-3-4-2;;/h1,3-8,11H,2H3;2*1,3-4H2,2H3;1H;/q;;;;+1/p-1. The fourth-order valence-corrected chi connectivity index (χ4v) is 13.4. The van der Waals surface area contributed by atoms with E-state index in [1.54, 1.807) is 0 Å². The summed E-state index contributed by atoms with van der Waals surface area (Å²) in [6.45, 7) is 6.28. The van der Waals surface area contributed by atoms with Crippen LogP contribution < -0.4 is 0 Å². The molecule has 1 N–H and O–H groups in total. The summed E-state index contributed by atoms with van der Waals surface area (Å²) in [5.74, 6) is 0. The van der Waals surface area contributed by atoms with Crippen LogP contribution in [0.15, 0.2) is 40.5 Å². The van der Waals surface area contributed by atoms with Crippen molar-refractivity contribution < 1.29 is 5.11 Å². The summed E-state index contributed by atoms with van der Waals surface area (Å²) in [5, 5.41) is 10.7. The van der Waals surface area contributed by atoms with Crippen molar-refractivity contribution in [1.29, 1.82) is 0 Å². The Bertz CT molecular complexity index is 420. The van der Waals surface area contributed by atoms with Crippen LogP contribution in [0.25, 0.3) is 0 Å². The van der Waals surface area contributed by atoms with Crippen molar-refractivity contribution in [3.05, 3.63) is 46.1 Å².